The number of carbonyl (C=O) groups is 1. The SMILES string of the molecule is Cc1ccccc1-n1c(CC2CCN(C(=O)CCC3CCCC3)CC2)n[nH]c1=O. The minimum Gasteiger partial charge on any atom is -0.343 e. The molecule has 1 N–H and O–H groups in total. The first-order chi connectivity index (χ1) is 14.1. The van der Waals surface area contributed by atoms with E-state index in [9.17, 15) is 9.59 Å². The van der Waals surface area contributed by atoms with E-state index in [1.807, 2.05) is 36.1 Å². The summed E-state index contributed by atoms with van der Waals surface area (Å²) in [6.07, 6.45) is 9.78. The Hall–Kier alpha value is -2.37. The molecule has 1 amide bonds. The zero-order valence-electron chi connectivity index (χ0n) is 17.4. The zero-order valence-corrected chi connectivity index (χ0v) is 17.4. The fourth-order valence-electron chi connectivity index (χ4n) is 4.96. The van der Waals surface area contributed by atoms with Crippen molar-refractivity contribution in [1.29, 1.82) is 0 Å². The van der Waals surface area contributed by atoms with Gasteiger partial charge in [-0.25, -0.2) is 14.5 Å². The summed E-state index contributed by atoms with van der Waals surface area (Å²) in [5.74, 6) is 2.34. The molecule has 0 unspecified atom stereocenters. The first-order valence-corrected chi connectivity index (χ1v) is 11.1. The standard InChI is InChI=1S/C23H32N4O2/c1-17-6-2-5-9-20(17)27-21(24-25-23(27)29)16-19-12-14-26(15-13-19)22(28)11-10-18-7-3-4-8-18/h2,5-6,9,18-19H,3-4,7-8,10-16H2,1H3,(H,25,29). The first kappa shape index (κ1) is 19.9. The second kappa shape index (κ2) is 8.97. The van der Waals surface area contributed by atoms with Crippen LogP contribution in [0.15, 0.2) is 29.1 Å². The molecular formula is C23H32N4O2. The van der Waals surface area contributed by atoms with Gasteiger partial charge in [-0.05, 0) is 49.7 Å². The second-order valence-electron chi connectivity index (χ2n) is 8.78. The van der Waals surface area contributed by atoms with E-state index in [0.717, 1.165) is 61.8 Å². The predicted octanol–water partition coefficient (Wildman–Crippen LogP) is 3.62. The fourth-order valence-corrected chi connectivity index (χ4v) is 4.96. The number of nitrogens with one attached hydrogen (secondary N) is 1. The number of H-pyrrole nitrogens is 1. The molecule has 0 atom stereocenters. The van der Waals surface area contributed by atoms with Gasteiger partial charge in [0, 0.05) is 25.9 Å². The van der Waals surface area contributed by atoms with Crippen molar-refractivity contribution in [3.63, 3.8) is 0 Å². The van der Waals surface area contributed by atoms with Gasteiger partial charge in [0.2, 0.25) is 5.91 Å². The summed E-state index contributed by atoms with van der Waals surface area (Å²) in [7, 11) is 0. The van der Waals surface area contributed by atoms with E-state index >= 15 is 0 Å². The molecule has 1 saturated heterocycles. The molecule has 1 aromatic carbocycles. The Morgan fingerprint density at radius 2 is 1.83 bits per heavy atom. The predicted molar refractivity (Wildman–Crippen MR) is 113 cm³/mol. The average Bonchev–Trinajstić information content (AvgIpc) is 3.37. The van der Waals surface area contributed by atoms with Gasteiger partial charge in [-0.1, -0.05) is 43.9 Å². The van der Waals surface area contributed by atoms with Gasteiger partial charge in [0.15, 0.2) is 0 Å². The van der Waals surface area contributed by atoms with Crippen molar-refractivity contribution in [1.82, 2.24) is 19.7 Å². The summed E-state index contributed by atoms with van der Waals surface area (Å²) in [4.78, 5) is 27.0. The van der Waals surface area contributed by atoms with E-state index in [2.05, 4.69) is 10.2 Å². The van der Waals surface area contributed by atoms with Crippen molar-refractivity contribution < 1.29 is 4.79 Å². The molecule has 156 valence electrons. The van der Waals surface area contributed by atoms with Crippen LogP contribution >= 0.6 is 0 Å². The maximum atomic E-state index is 12.6. The highest BCUT2D eigenvalue weighted by atomic mass is 16.2. The first-order valence-electron chi connectivity index (χ1n) is 11.1. The smallest absolute Gasteiger partial charge is 0.343 e. The normalized spacial score (nSPS) is 18.4. The van der Waals surface area contributed by atoms with Gasteiger partial charge in [0.05, 0.1) is 5.69 Å². The van der Waals surface area contributed by atoms with Crippen molar-refractivity contribution in [2.75, 3.05) is 13.1 Å². The molecule has 2 fully saturated rings. The Bertz CT molecular complexity index is 886. The third-order valence-electron chi connectivity index (χ3n) is 6.78. The number of likely N-dealkylation sites (tertiary alicyclic amines) is 1. The summed E-state index contributed by atoms with van der Waals surface area (Å²) in [6, 6.07) is 7.89. The molecule has 2 aromatic rings. The zero-order chi connectivity index (χ0) is 20.2. The number of rotatable bonds is 6. The highest BCUT2D eigenvalue weighted by Gasteiger charge is 2.26. The number of amides is 1. The van der Waals surface area contributed by atoms with Crippen molar-refractivity contribution in [2.45, 2.75) is 64.7 Å². The molecule has 0 spiro atoms. The number of para-hydroxylation sites is 1. The van der Waals surface area contributed by atoms with Gasteiger partial charge in [0.1, 0.15) is 5.82 Å². The Labute approximate surface area is 172 Å². The van der Waals surface area contributed by atoms with Gasteiger partial charge in [-0.15, -0.1) is 0 Å². The summed E-state index contributed by atoms with van der Waals surface area (Å²) in [5.41, 5.74) is 1.76. The van der Waals surface area contributed by atoms with E-state index in [0.29, 0.717) is 18.2 Å². The van der Waals surface area contributed by atoms with Crippen molar-refractivity contribution in [3.05, 3.63) is 46.1 Å². The van der Waals surface area contributed by atoms with Gasteiger partial charge in [-0.2, -0.15) is 5.10 Å². The maximum absolute atomic E-state index is 12.6. The highest BCUT2D eigenvalue weighted by Crippen LogP contribution is 2.29. The lowest BCUT2D eigenvalue weighted by Crippen LogP contribution is -2.39. The van der Waals surface area contributed by atoms with Crippen molar-refractivity contribution in [2.24, 2.45) is 11.8 Å². The largest absolute Gasteiger partial charge is 0.347 e. The number of hydrogen-bond donors (Lipinski definition) is 1. The Balaban J connectivity index is 1.33. The Morgan fingerprint density at radius 1 is 1.10 bits per heavy atom. The van der Waals surface area contributed by atoms with Gasteiger partial charge >= 0.3 is 5.69 Å². The van der Waals surface area contributed by atoms with E-state index in [4.69, 9.17) is 0 Å². The molecule has 0 bridgehead atoms. The molecule has 1 aromatic heterocycles. The van der Waals surface area contributed by atoms with Crippen LogP contribution < -0.4 is 5.69 Å². The molecule has 6 nitrogen and oxygen atoms in total. The average molecular weight is 397 g/mol. The summed E-state index contributed by atoms with van der Waals surface area (Å²) < 4.78 is 1.70. The number of aryl methyl sites for hydroxylation is 1. The number of aromatic amines is 1. The van der Waals surface area contributed by atoms with Crippen LogP contribution in [0.1, 0.15) is 62.8 Å². The molecule has 2 aliphatic rings. The molecule has 0 radical (unpaired) electrons. The molecule has 2 heterocycles. The molecule has 4 rings (SSSR count). The topological polar surface area (TPSA) is 71.0 Å². The summed E-state index contributed by atoms with van der Waals surface area (Å²) in [6.45, 7) is 3.66. The number of aromatic nitrogens is 3. The van der Waals surface area contributed by atoms with Crippen LogP contribution in [0.5, 0.6) is 0 Å². The summed E-state index contributed by atoms with van der Waals surface area (Å²) >= 11 is 0. The van der Waals surface area contributed by atoms with E-state index < -0.39 is 0 Å². The van der Waals surface area contributed by atoms with Crippen molar-refractivity contribution in [3.8, 4) is 5.69 Å². The van der Waals surface area contributed by atoms with Gasteiger partial charge in [0.25, 0.3) is 0 Å². The van der Waals surface area contributed by atoms with Gasteiger partial charge in [-0.3, -0.25) is 4.79 Å². The molecular weight excluding hydrogens is 364 g/mol. The highest BCUT2D eigenvalue weighted by molar-refractivity contribution is 5.76. The van der Waals surface area contributed by atoms with Crippen LogP contribution in [-0.4, -0.2) is 38.7 Å². The molecule has 29 heavy (non-hydrogen) atoms. The van der Waals surface area contributed by atoms with Crippen LogP contribution in [0, 0.1) is 18.8 Å². The van der Waals surface area contributed by atoms with Gasteiger partial charge < -0.3 is 4.90 Å². The third-order valence-corrected chi connectivity index (χ3v) is 6.78. The monoisotopic (exact) mass is 396 g/mol. The number of carbonyl (C=O) groups excluding carboxylic acids is 1. The van der Waals surface area contributed by atoms with Crippen LogP contribution in [-0.2, 0) is 11.2 Å². The lowest BCUT2D eigenvalue weighted by atomic mass is 9.92. The minimum absolute atomic E-state index is 0.186. The fraction of sp³-hybridized carbons (Fsp3) is 0.609. The molecule has 1 aliphatic heterocycles. The Morgan fingerprint density at radius 3 is 2.55 bits per heavy atom. The molecule has 6 heteroatoms. The quantitative estimate of drug-likeness (QED) is 0.811. The number of benzene rings is 1. The van der Waals surface area contributed by atoms with E-state index in [1.54, 1.807) is 4.57 Å². The van der Waals surface area contributed by atoms with Crippen LogP contribution in [0.2, 0.25) is 0 Å². The van der Waals surface area contributed by atoms with E-state index in [1.165, 1.54) is 25.7 Å². The van der Waals surface area contributed by atoms with E-state index in [-0.39, 0.29) is 5.69 Å². The maximum Gasteiger partial charge on any atom is 0.347 e. The third kappa shape index (κ3) is 4.62. The van der Waals surface area contributed by atoms with Crippen molar-refractivity contribution >= 4 is 5.91 Å². The molecule has 1 saturated carbocycles. The number of piperidine rings is 1. The summed E-state index contributed by atoms with van der Waals surface area (Å²) in [5, 5.41) is 6.92. The number of hydrogen-bond acceptors (Lipinski definition) is 3. The van der Waals surface area contributed by atoms with Crippen LogP contribution in [0.3, 0.4) is 0 Å². The lowest BCUT2D eigenvalue weighted by molar-refractivity contribution is -0.132. The lowest BCUT2D eigenvalue weighted by Gasteiger charge is -2.32. The minimum atomic E-state index is -0.186. The van der Waals surface area contributed by atoms with Crippen LogP contribution in [0.25, 0.3) is 5.69 Å². The molecule has 1 aliphatic carbocycles. The second-order valence-corrected chi connectivity index (χ2v) is 8.78. The Kier molecular flexibility index (Phi) is 6.16. The number of nitrogens with zero attached hydrogens (tertiary/aromatic N) is 3. The van der Waals surface area contributed by atoms with Crippen LogP contribution in [0.4, 0.5) is 0 Å².